The summed E-state index contributed by atoms with van der Waals surface area (Å²) in [5, 5.41) is 20.5. The van der Waals surface area contributed by atoms with Crippen molar-refractivity contribution in [1.29, 1.82) is 5.26 Å². The van der Waals surface area contributed by atoms with E-state index in [-0.39, 0.29) is 16.3 Å². The number of ether oxygens (including phenoxy) is 1. The quantitative estimate of drug-likeness (QED) is 0.221. The minimum absolute atomic E-state index is 0.0273. The van der Waals surface area contributed by atoms with E-state index in [1.165, 1.54) is 29.2 Å². The zero-order chi connectivity index (χ0) is 24.1. The number of amides is 1. The number of nitriles is 1. The first-order valence-corrected chi connectivity index (χ1v) is 9.63. The van der Waals surface area contributed by atoms with E-state index >= 15 is 0 Å². The average Bonchev–Trinajstić information content (AvgIpc) is 2.73. The molecule has 0 bridgehead atoms. The van der Waals surface area contributed by atoms with Crippen LogP contribution in [0.3, 0.4) is 0 Å². The van der Waals surface area contributed by atoms with E-state index in [0.717, 1.165) is 6.07 Å². The number of alkyl halides is 3. The molecule has 0 heterocycles. The third-order valence-electron chi connectivity index (χ3n) is 4.37. The number of halogens is 4. The first-order valence-electron chi connectivity index (χ1n) is 9.25. The van der Waals surface area contributed by atoms with Crippen LogP contribution in [-0.4, -0.2) is 28.8 Å². The van der Waals surface area contributed by atoms with Gasteiger partial charge in [0.25, 0.3) is 5.91 Å². The summed E-state index contributed by atoms with van der Waals surface area (Å²) in [6.07, 6.45) is -3.42. The molecule has 0 fully saturated rings. The van der Waals surface area contributed by atoms with Gasteiger partial charge in [-0.1, -0.05) is 17.7 Å². The van der Waals surface area contributed by atoms with Gasteiger partial charge >= 0.3 is 11.9 Å². The van der Waals surface area contributed by atoms with Crippen LogP contribution in [-0.2, 0) is 11.0 Å². The smallest absolute Gasteiger partial charge is 0.416 e. The number of hydrogen-bond acceptors (Lipinski definition) is 5. The Labute approximate surface area is 186 Å². The number of nitro benzene ring substituents is 1. The van der Waals surface area contributed by atoms with Gasteiger partial charge in [-0.05, 0) is 49.8 Å². The minimum Gasteiger partial charge on any atom is -0.449 e. The molecule has 11 heteroatoms. The Hall–Kier alpha value is -3.58. The molecule has 7 nitrogen and oxygen atoms in total. The zero-order valence-corrected chi connectivity index (χ0v) is 17.7. The predicted molar refractivity (Wildman–Crippen MR) is 111 cm³/mol. The summed E-state index contributed by atoms with van der Waals surface area (Å²) >= 11 is 6.16. The van der Waals surface area contributed by atoms with Crippen molar-refractivity contribution in [2.24, 2.45) is 0 Å². The maximum absolute atomic E-state index is 12.8. The highest BCUT2D eigenvalue weighted by Crippen LogP contribution is 2.39. The van der Waals surface area contributed by atoms with Crippen LogP contribution < -0.4 is 4.74 Å². The van der Waals surface area contributed by atoms with E-state index < -0.39 is 34.0 Å². The van der Waals surface area contributed by atoms with Gasteiger partial charge in [-0.25, -0.2) is 0 Å². The Bertz CT molecular complexity index is 1110. The third kappa shape index (κ3) is 5.76. The third-order valence-corrected chi connectivity index (χ3v) is 4.67. The monoisotopic (exact) mass is 467 g/mol. The molecule has 0 aliphatic carbocycles. The molecule has 1 amide bonds. The lowest BCUT2D eigenvalue weighted by Crippen LogP contribution is -2.31. The lowest BCUT2D eigenvalue weighted by Gasteiger charge is -2.17. The molecular formula is C21H17ClF3N3O4. The van der Waals surface area contributed by atoms with E-state index in [2.05, 4.69) is 0 Å². The number of rotatable bonds is 7. The number of hydrogen-bond donors (Lipinski definition) is 0. The Morgan fingerprint density at radius 2 is 1.84 bits per heavy atom. The summed E-state index contributed by atoms with van der Waals surface area (Å²) in [6, 6.07) is 7.84. The highest BCUT2D eigenvalue weighted by molar-refractivity contribution is 6.32. The van der Waals surface area contributed by atoms with Crippen LogP contribution in [0.15, 0.2) is 42.0 Å². The Kier molecular flexibility index (Phi) is 7.83. The van der Waals surface area contributed by atoms with Crippen LogP contribution in [0, 0.1) is 21.4 Å². The molecule has 2 aromatic carbocycles. The van der Waals surface area contributed by atoms with Crippen molar-refractivity contribution in [2.45, 2.75) is 20.0 Å². The van der Waals surface area contributed by atoms with Gasteiger partial charge < -0.3 is 9.64 Å². The number of nitro groups is 1. The van der Waals surface area contributed by atoms with Crippen molar-refractivity contribution in [3.63, 3.8) is 0 Å². The molecule has 2 aromatic rings. The molecule has 168 valence electrons. The lowest BCUT2D eigenvalue weighted by molar-refractivity contribution is -0.385. The van der Waals surface area contributed by atoms with Gasteiger partial charge in [0.15, 0.2) is 0 Å². The second-order valence-corrected chi connectivity index (χ2v) is 6.78. The van der Waals surface area contributed by atoms with Crippen molar-refractivity contribution in [2.75, 3.05) is 13.1 Å². The summed E-state index contributed by atoms with van der Waals surface area (Å²) in [7, 11) is 0. The van der Waals surface area contributed by atoms with Gasteiger partial charge in [0, 0.05) is 19.2 Å². The van der Waals surface area contributed by atoms with Crippen molar-refractivity contribution in [3.05, 3.63) is 68.2 Å². The average molecular weight is 468 g/mol. The van der Waals surface area contributed by atoms with E-state index in [9.17, 15) is 33.3 Å². The van der Waals surface area contributed by atoms with Gasteiger partial charge in [0.1, 0.15) is 17.4 Å². The fourth-order valence-electron chi connectivity index (χ4n) is 2.72. The molecule has 0 saturated heterocycles. The summed E-state index contributed by atoms with van der Waals surface area (Å²) in [5.41, 5.74) is -1.79. The summed E-state index contributed by atoms with van der Waals surface area (Å²) in [6.45, 7) is 4.40. The van der Waals surface area contributed by atoms with Crippen LogP contribution in [0.1, 0.15) is 25.0 Å². The van der Waals surface area contributed by atoms with Gasteiger partial charge in [-0.15, -0.1) is 0 Å². The number of nitrogens with zero attached hydrogens (tertiary/aromatic N) is 3. The molecule has 0 spiro atoms. The second kappa shape index (κ2) is 10.2. The zero-order valence-electron chi connectivity index (χ0n) is 16.9. The highest BCUT2D eigenvalue weighted by atomic mass is 35.5. The normalized spacial score (nSPS) is 11.6. The number of benzene rings is 2. The summed E-state index contributed by atoms with van der Waals surface area (Å²) < 4.78 is 43.9. The molecule has 0 unspecified atom stereocenters. The Morgan fingerprint density at radius 3 is 2.34 bits per heavy atom. The van der Waals surface area contributed by atoms with Crippen molar-refractivity contribution in [3.8, 4) is 17.6 Å². The molecule has 0 saturated carbocycles. The molecule has 0 aromatic heterocycles. The fourth-order valence-corrected chi connectivity index (χ4v) is 2.95. The van der Waals surface area contributed by atoms with E-state index in [0.29, 0.717) is 30.8 Å². The molecule has 0 N–H and O–H groups in total. The maximum Gasteiger partial charge on any atom is 0.416 e. The Balaban J connectivity index is 2.37. The van der Waals surface area contributed by atoms with Crippen LogP contribution in [0.4, 0.5) is 18.9 Å². The van der Waals surface area contributed by atoms with E-state index in [1.807, 2.05) is 6.07 Å². The van der Waals surface area contributed by atoms with Crippen LogP contribution in [0.5, 0.6) is 11.5 Å². The minimum atomic E-state index is -4.75. The van der Waals surface area contributed by atoms with E-state index in [1.54, 1.807) is 13.8 Å². The molecule has 2 rings (SSSR count). The molecule has 0 aliphatic rings. The van der Waals surface area contributed by atoms with Crippen molar-refractivity contribution < 1.29 is 27.6 Å². The SMILES string of the molecule is CCN(CC)C(=O)/C(C#N)=C\c1ccc(Oc2ccc(C(F)(F)F)cc2[N+](=O)[O-])c(Cl)c1. The fraction of sp³-hybridized carbons (Fsp3) is 0.238. The second-order valence-electron chi connectivity index (χ2n) is 6.38. The van der Waals surface area contributed by atoms with Crippen LogP contribution in [0.25, 0.3) is 6.08 Å². The molecule has 0 atom stereocenters. The highest BCUT2D eigenvalue weighted by Gasteiger charge is 2.33. The number of carbonyl (C=O) groups is 1. The van der Waals surface area contributed by atoms with Crippen LogP contribution in [0.2, 0.25) is 5.02 Å². The van der Waals surface area contributed by atoms with Crippen LogP contribution >= 0.6 is 11.6 Å². The van der Waals surface area contributed by atoms with Gasteiger partial charge in [0.05, 0.1) is 15.5 Å². The predicted octanol–water partition coefficient (Wildman–Crippen LogP) is 5.83. The molecule has 0 aliphatic heterocycles. The first kappa shape index (κ1) is 24.7. The standard InChI is InChI=1S/C21H17ClF3N3O4/c1-3-27(4-2)20(29)14(12-26)9-13-5-7-18(16(22)10-13)32-19-8-6-15(21(23,24)25)11-17(19)28(30)31/h5-11H,3-4H2,1-2H3/b14-9-. The van der Waals surface area contributed by atoms with Gasteiger partial charge in [0.2, 0.25) is 5.75 Å². The topological polar surface area (TPSA) is 96.5 Å². The number of likely N-dealkylation sites (N-methyl/N-ethyl adjacent to an activating group) is 1. The van der Waals surface area contributed by atoms with Gasteiger partial charge in [-0.2, -0.15) is 18.4 Å². The molecule has 0 radical (unpaired) electrons. The summed E-state index contributed by atoms with van der Waals surface area (Å²) in [4.78, 5) is 24.0. The first-order chi connectivity index (χ1) is 15.0. The van der Waals surface area contributed by atoms with Gasteiger partial charge in [-0.3, -0.25) is 14.9 Å². The molecule has 32 heavy (non-hydrogen) atoms. The molecular weight excluding hydrogens is 451 g/mol. The van der Waals surface area contributed by atoms with Crippen molar-refractivity contribution in [1.82, 2.24) is 4.90 Å². The number of carbonyl (C=O) groups excluding carboxylic acids is 1. The maximum atomic E-state index is 12.8. The Morgan fingerprint density at radius 1 is 1.22 bits per heavy atom. The van der Waals surface area contributed by atoms with Crippen molar-refractivity contribution >= 4 is 29.3 Å². The largest absolute Gasteiger partial charge is 0.449 e. The lowest BCUT2D eigenvalue weighted by atomic mass is 10.1. The summed E-state index contributed by atoms with van der Waals surface area (Å²) in [5.74, 6) is -0.933. The van der Waals surface area contributed by atoms with E-state index in [4.69, 9.17) is 16.3 Å².